The number of carbonyl (C=O) groups excluding carboxylic acids is 1. The minimum absolute atomic E-state index is 0.160. The summed E-state index contributed by atoms with van der Waals surface area (Å²) in [5.41, 5.74) is 4.81. The molecule has 8 heavy (non-hydrogen) atoms. The SMILES string of the molecule is C[Si](C)(O)CC(N)=O. The Kier molecular flexibility index (Phi) is 2.18. The van der Waals surface area contributed by atoms with E-state index in [-0.39, 0.29) is 6.04 Å². The molecular formula is C4H11NO2Si. The maximum absolute atomic E-state index is 10.1. The summed E-state index contributed by atoms with van der Waals surface area (Å²) < 4.78 is 0. The van der Waals surface area contributed by atoms with Crippen LogP contribution >= 0.6 is 0 Å². The Morgan fingerprint density at radius 1 is 1.75 bits per heavy atom. The van der Waals surface area contributed by atoms with Gasteiger partial charge in [0.2, 0.25) is 5.91 Å². The predicted molar refractivity (Wildman–Crippen MR) is 33.7 cm³/mol. The molecule has 0 aliphatic rings. The van der Waals surface area contributed by atoms with Gasteiger partial charge in [0.05, 0.1) is 0 Å². The molecule has 0 aliphatic carbocycles. The van der Waals surface area contributed by atoms with Crippen LogP contribution in [-0.2, 0) is 4.79 Å². The van der Waals surface area contributed by atoms with E-state index < -0.39 is 14.2 Å². The molecular weight excluding hydrogens is 122 g/mol. The molecule has 4 heteroatoms. The molecule has 3 nitrogen and oxygen atoms in total. The van der Waals surface area contributed by atoms with Crippen LogP contribution in [0.4, 0.5) is 0 Å². The zero-order valence-corrected chi connectivity index (χ0v) is 6.14. The Bertz CT molecular complexity index is 96.7. The third kappa shape index (κ3) is 5.65. The van der Waals surface area contributed by atoms with Crippen molar-refractivity contribution < 1.29 is 9.59 Å². The number of carbonyl (C=O) groups is 1. The number of nitrogens with two attached hydrogens (primary N) is 1. The van der Waals surface area contributed by atoms with Gasteiger partial charge >= 0.3 is 0 Å². The molecule has 48 valence electrons. The molecule has 0 spiro atoms. The smallest absolute Gasteiger partial charge is 0.217 e. The van der Waals surface area contributed by atoms with Crippen molar-refractivity contribution in [3.05, 3.63) is 0 Å². The van der Waals surface area contributed by atoms with Crippen LogP contribution in [-0.4, -0.2) is 19.0 Å². The highest BCUT2D eigenvalue weighted by molar-refractivity contribution is 6.72. The lowest BCUT2D eigenvalue weighted by Gasteiger charge is -2.09. The van der Waals surface area contributed by atoms with E-state index in [1.807, 2.05) is 0 Å². The van der Waals surface area contributed by atoms with Gasteiger partial charge in [-0.25, -0.2) is 0 Å². The fourth-order valence-electron chi connectivity index (χ4n) is 0.426. The Morgan fingerprint density at radius 2 is 2.12 bits per heavy atom. The van der Waals surface area contributed by atoms with Gasteiger partial charge < -0.3 is 10.5 Å². The molecule has 0 aromatic carbocycles. The third-order valence-corrected chi connectivity index (χ3v) is 1.82. The molecule has 1 amide bonds. The van der Waals surface area contributed by atoms with E-state index in [2.05, 4.69) is 0 Å². The normalized spacial score (nSPS) is 11.4. The first-order valence-electron chi connectivity index (χ1n) is 2.42. The van der Waals surface area contributed by atoms with E-state index in [0.29, 0.717) is 0 Å². The molecule has 0 bridgehead atoms. The Morgan fingerprint density at radius 3 is 2.12 bits per heavy atom. The highest BCUT2D eigenvalue weighted by atomic mass is 28.4. The quantitative estimate of drug-likeness (QED) is 0.507. The predicted octanol–water partition coefficient (Wildman–Crippen LogP) is -0.331. The van der Waals surface area contributed by atoms with E-state index in [9.17, 15) is 4.79 Å². The molecule has 0 radical (unpaired) electrons. The topological polar surface area (TPSA) is 63.3 Å². The van der Waals surface area contributed by atoms with Crippen LogP contribution in [0.5, 0.6) is 0 Å². The van der Waals surface area contributed by atoms with Crippen molar-refractivity contribution >= 4 is 14.2 Å². The Hall–Kier alpha value is -0.353. The number of primary amides is 1. The Balaban J connectivity index is 3.55. The van der Waals surface area contributed by atoms with Crippen molar-refractivity contribution in [3.8, 4) is 0 Å². The molecule has 0 aliphatic heterocycles. The van der Waals surface area contributed by atoms with Crippen molar-refractivity contribution in [2.75, 3.05) is 0 Å². The summed E-state index contributed by atoms with van der Waals surface area (Å²) in [7, 11) is -2.19. The summed E-state index contributed by atoms with van der Waals surface area (Å²) in [6.07, 6.45) is 0. The average Bonchev–Trinajstić information content (AvgIpc) is 1.21. The van der Waals surface area contributed by atoms with Crippen LogP contribution in [0.15, 0.2) is 0 Å². The average molecular weight is 133 g/mol. The molecule has 0 saturated carbocycles. The second-order valence-corrected chi connectivity index (χ2v) is 6.43. The van der Waals surface area contributed by atoms with Crippen LogP contribution in [0.25, 0.3) is 0 Å². The van der Waals surface area contributed by atoms with Gasteiger partial charge in [-0.3, -0.25) is 4.79 Å². The largest absolute Gasteiger partial charge is 0.432 e. The Labute approximate surface area is 49.6 Å². The van der Waals surface area contributed by atoms with Gasteiger partial charge in [-0.1, -0.05) is 0 Å². The van der Waals surface area contributed by atoms with E-state index in [4.69, 9.17) is 10.5 Å². The van der Waals surface area contributed by atoms with Gasteiger partial charge in [-0.2, -0.15) is 0 Å². The summed E-state index contributed by atoms with van der Waals surface area (Å²) in [5.74, 6) is -0.413. The fraction of sp³-hybridized carbons (Fsp3) is 0.750. The van der Waals surface area contributed by atoms with Crippen molar-refractivity contribution in [2.45, 2.75) is 19.1 Å². The van der Waals surface area contributed by atoms with Crippen molar-refractivity contribution in [2.24, 2.45) is 5.73 Å². The van der Waals surface area contributed by atoms with Crippen LogP contribution in [0.1, 0.15) is 0 Å². The molecule has 0 atom stereocenters. The van der Waals surface area contributed by atoms with Crippen molar-refractivity contribution in [1.82, 2.24) is 0 Å². The lowest BCUT2D eigenvalue weighted by Crippen LogP contribution is -2.31. The monoisotopic (exact) mass is 133 g/mol. The summed E-state index contributed by atoms with van der Waals surface area (Å²) in [6.45, 7) is 3.36. The van der Waals surface area contributed by atoms with Crippen LogP contribution in [0.2, 0.25) is 19.1 Å². The first-order chi connectivity index (χ1) is 3.42. The maximum atomic E-state index is 10.1. The summed E-state index contributed by atoms with van der Waals surface area (Å²) in [5, 5.41) is 0. The summed E-state index contributed by atoms with van der Waals surface area (Å²) >= 11 is 0. The van der Waals surface area contributed by atoms with E-state index in [1.54, 1.807) is 13.1 Å². The van der Waals surface area contributed by atoms with Gasteiger partial charge in [-0.15, -0.1) is 0 Å². The van der Waals surface area contributed by atoms with Gasteiger partial charge in [0, 0.05) is 6.04 Å². The van der Waals surface area contributed by atoms with Crippen molar-refractivity contribution in [3.63, 3.8) is 0 Å². The first-order valence-corrected chi connectivity index (χ1v) is 5.58. The van der Waals surface area contributed by atoms with Crippen LogP contribution in [0, 0.1) is 0 Å². The standard InChI is InChI=1S/C4H11NO2Si/c1-8(2,7)3-4(5)6/h7H,3H2,1-2H3,(H2,5,6). The van der Waals surface area contributed by atoms with Gasteiger partial charge in [-0.05, 0) is 13.1 Å². The summed E-state index contributed by atoms with van der Waals surface area (Å²) in [4.78, 5) is 19.1. The van der Waals surface area contributed by atoms with E-state index in [1.165, 1.54) is 0 Å². The maximum Gasteiger partial charge on any atom is 0.217 e. The number of hydrogen-bond donors (Lipinski definition) is 2. The fourth-order valence-corrected chi connectivity index (χ4v) is 1.28. The zero-order chi connectivity index (χ0) is 6.78. The summed E-state index contributed by atoms with van der Waals surface area (Å²) in [6, 6.07) is 0.160. The zero-order valence-electron chi connectivity index (χ0n) is 5.14. The molecule has 0 heterocycles. The van der Waals surface area contributed by atoms with Crippen LogP contribution < -0.4 is 5.73 Å². The highest BCUT2D eigenvalue weighted by Gasteiger charge is 2.19. The molecule has 3 N–H and O–H groups in total. The number of amides is 1. The lowest BCUT2D eigenvalue weighted by atomic mass is 10.8. The minimum Gasteiger partial charge on any atom is -0.432 e. The molecule has 0 aromatic rings. The second kappa shape index (κ2) is 2.28. The number of rotatable bonds is 2. The first kappa shape index (κ1) is 7.65. The van der Waals surface area contributed by atoms with Gasteiger partial charge in [0.25, 0.3) is 0 Å². The number of hydrogen-bond acceptors (Lipinski definition) is 2. The van der Waals surface area contributed by atoms with Crippen LogP contribution in [0.3, 0.4) is 0 Å². The third-order valence-electron chi connectivity index (χ3n) is 0.607. The minimum atomic E-state index is -2.19. The molecule has 0 saturated heterocycles. The van der Waals surface area contributed by atoms with Crippen molar-refractivity contribution in [1.29, 1.82) is 0 Å². The lowest BCUT2D eigenvalue weighted by molar-refractivity contribution is -0.116. The highest BCUT2D eigenvalue weighted by Crippen LogP contribution is 2.01. The molecule has 0 unspecified atom stereocenters. The van der Waals surface area contributed by atoms with E-state index >= 15 is 0 Å². The molecule has 0 rings (SSSR count). The van der Waals surface area contributed by atoms with Gasteiger partial charge in [0.1, 0.15) is 0 Å². The van der Waals surface area contributed by atoms with Gasteiger partial charge in [0.15, 0.2) is 8.32 Å². The molecule has 0 fully saturated rings. The molecule has 0 aromatic heterocycles. The second-order valence-electron chi connectivity index (χ2n) is 2.46. The van der Waals surface area contributed by atoms with E-state index in [0.717, 1.165) is 0 Å².